The minimum absolute atomic E-state index is 0.274. The first kappa shape index (κ1) is 19.4. The number of pyridine rings is 1. The summed E-state index contributed by atoms with van der Waals surface area (Å²) < 4.78 is 11.6. The van der Waals surface area contributed by atoms with Gasteiger partial charge in [0.15, 0.2) is 5.76 Å². The van der Waals surface area contributed by atoms with Crippen molar-refractivity contribution in [1.82, 2.24) is 4.98 Å². The molecular formula is C27H18N2O3. The Kier molecular flexibility index (Phi) is 4.81. The Labute approximate surface area is 184 Å². The van der Waals surface area contributed by atoms with Gasteiger partial charge in [0.2, 0.25) is 0 Å². The number of hydrogen-bond donors (Lipinski definition) is 1. The Morgan fingerprint density at radius 2 is 1.78 bits per heavy atom. The van der Waals surface area contributed by atoms with Gasteiger partial charge in [-0.25, -0.2) is 0 Å². The number of ether oxygens (including phenoxy) is 1. The number of benzene rings is 3. The lowest BCUT2D eigenvalue weighted by atomic mass is 10.0. The molecule has 0 aliphatic rings. The molecule has 5 rings (SSSR count). The van der Waals surface area contributed by atoms with E-state index >= 15 is 0 Å². The van der Waals surface area contributed by atoms with Crippen molar-refractivity contribution in [1.29, 1.82) is 0 Å². The fourth-order valence-electron chi connectivity index (χ4n) is 3.81. The van der Waals surface area contributed by atoms with Gasteiger partial charge in [0, 0.05) is 17.0 Å². The molecule has 0 bridgehead atoms. The van der Waals surface area contributed by atoms with Crippen molar-refractivity contribution in [2.24, 2.45) is 5.16 Å². The van der Waals surface area contributed by atoms with Gasteiger partial charge in [-0.3, -0.25) is 4.98 Å². The van der Waals surface area contributed by atoms with Crippen LogP contribution in [0.4, 0.5) is 0 Å². The number of hydrogen-bond acceptors (Lipinski definition) is 5. The van der Waals surface area contributed by atoms with Crippen LogP contribution < -0.4 is 10.1 Å². The first-order valence-electron chi connectivity index (χ1n) is 9.97. The van der Waals surface area contributed by atoms with Gasteiger partial charge in [0.1, 0.15) is 22.4 Å². The Morgan fingerprint density at radius 1 is 0.969 bits per heavy atom. The molecule has 0 amide bonds. The molecule has 0 fully saturated rings. The summed E-state index contributed by atoms with van der Waals surface area (Å²) in [4.78, 5) is 4.54. The third-order valence-electron chi connectivity index (χ3n) is 5.42. The topological polar surface area (TPSA) is 67.9 Å². The van der Waals surface area contributed by atoms with E-state index in [1.54, 1.807) is 13.3 Å². The van der Waals surface area contributed by atoms with Crippen LogP contribution in [0, 0.1) is 12.3 Å². The molecule has 3 aromatic carbocycles. The summed E-state index contributed by atoms with van der Waals surface area (Å²) in [5.41, 5.74) is 3.33. The summed E-state index contributed by atoms with van der Waals surface area (Å²) in [6.45, 7) is 0. The van der Waals surface area contributed by atoms with E-state index in [1.165, 1.54) is 0 Å². The van der Waals surface area contributed by atoms with Crippen molar-refractivity contribution in [2.45, 2.75) is 0 Å². The second-order valence-electron chi connectivity index (χ2n) is 7.26. The van der Waals surface area contributed by atoms with E-state index in [-0.39, 0.29) is 5.36 Å². The molecule has 0 unspecified atom stereocenters. The van der Waals surface area contributed by atoms with E-state index < -0.39 is 0 Å². The number of methoxy groups -OCH3 is 1. The molecule has 0 spiro atoms. The van der Waals surface area contributed by atoms with Crippen molar-refractivity contribution in [3.05, 3.63) is 89.9 Å². The second-order valence-corrected chi connectivity index (χ2v) is 7.26. The average Bonchev–Trinajstić information content (AvgIpc) is 2.86. The molecule has 0 atom stereocenters. The van der Waals surface area contributed by atoms with Crippen LogP contribution in [0.3, 0.4) is 0 Å². The first-order chi connectivity index (χ1) is 15.7. The molecule has 0 saturated carbocycles. The van der Waals surface area contributed by atoms with Gasteiger partial charge in [-0.2, -0.15) is 0 Å². The highest BCUT2D eigenvalue weighted by Gasteiger charge is 2.16. The molecule has 2 aromatic heterocycles. The smallest absolute Gasteiger partial charge is 0.171 e. The summed E-state index contributed by atoms with van der Waals surface area (Å²) in [5, 5.41) is 16.2. The zero-order valence-corrected chi connectivity index (χ0v) is 17.2. The summed E-state index contributed by atoms with van der Waals surface area (Å²) in [7, 11) is 1.63. The van der Waals surface area contributed by atoms with E-state index in [0.29, 0.717) is 28.0 Å². The molecule has 5 aromatic rings. The Balaban J connectivity index is 1.77. The fourth-order valence-corrected chi connectivity index (χ4v) is 3.81. The largest absolute Gasteiger partial charge is 0.497 e. The predicted molar refractivity (Wildman–Crippen MR) is 124 cm³/mol. The lowest BCUT2D eigenvalue weighted by Gasteiger charge is -2.10. The second kappa shape index (κ2) is 7.93. The summed E-state index contributed by atoms with van der Waals surface area (Å²) in [6.07, 6.45) is 7.57. The van der Waals surface area contributed by atoms with Crippen LogP contribution in [0.15, 0.2) is 88.6 Å². The maximum atomic E-state index is 9.80. The third kappa shape index (κ3) is 3.24. The highest BCUT2D eigenvalue weighted by molar-refractivity contribution is 5.88. The van der Waals surface area contributed by atoms with E-state index in [2.05, 4.69) is 16.1 Å². The van der Waals surface area contributed by atoms with E-state index in [4.69, 9.17) is 15.6 Å². The van der Waals surface area contributed by atoms with Gasteiger partial charge in [-0.1, -0.05) is 53.5 Å². The predicted octanol–water partition coefficient (Wildman–Crippen LogP) is 5.59. The highest BCUT2D eigenvalue weighted by Crippen LogP contribution is 2.30. The van der Waals surface area contributed by atoms with Crippen molar-refractivity contribution in [2.75, 3.05) is 7.11 Å². The van der Waals surface area contributed by atoms with Crippen LogP contribution in [0.2, 0.25) is 0 Å². The zero-order chi connectivity index (χ0) is 22.1. The van der Waals surface area contributed by atoms with E-state index in [0.717, 1.165) is 27.6 Å². The van der Waals surface area contributed by atoms with Crippen LogP contribution >= 0.6 is 0 Å². The molecule has 0 radical (unpaired) electrons. The maximum absolute atomic E-state index is 9.80. The van der Waals surface area contributed by atoms with E-state index in [9.17, 15) is 5.21 Å². The van der Waals surface area contributed by atoms with Crippen molar-refractivity contribution >= 4 is 21.7 Å². The minimum atomic E-state index is 0.274. The molecule has 2 heterocycles. The third-order valence-corrected chi connectivity index (χ3v) is 5.42. The van der Waals surface area contributed by atoms with E-state index in [1.807, 2.05) is 72.8 Å². The number of terminal acetylenes is 1. The van der Waals surface area contributed by atoms with Crippen LogP contribution in [0.5, 0.6) is 5.75 Å². The summed E-state index contributed by atoms with van der Waals surface area (Å²) in [5.74, 6) is 3.75. The number of fused-ring (bicyclic) bond motifs is 2. The van der Waals surface area contributed by atoms with Gasteiger partial charge < -0.3 is 14.4 Å². The van der Waals surface area contributed by atoms with Crippen molar-refractivity contribution < 1.29 is 14.4 Å². The summed E-state index contributed by atoms with van der Waals surface area (Å²) >= 11 is 0. The molecule has 5 heteroatoms. The van der Waals surface area contributed by atoms with Gasteiger partial charge >= 0.3 is 0 Å². The summed E-state index contributed by atoms with van der Waals surface area (Å²) in [6, 6.07) is 23.2. The minimum Gasteiger partial charge on any atom is -0.497 e. The molecule has 0 aliphatic heterocycles. The van der Waals surface area contributed by atoms with Gasteiger partial charge in [-0.15, -0.1) is 6.42 Å². The molecule has 1 N–H and O–H groups in total. The number of rotatable bonds is 3. The number of aromatic nitrogens is 1. The maximum Gasteiger partial charge on any atom is 0.171 e. The molecular weight excluding hydrogens is 400 g/mol. The lowest BCUT2D eigenvalue weighted by Crippen LogP contribution is -2.11. The highest BCUT2D eigenvalue weighted by atomic mass is 16.5. The SMILES string of the molecule is C#Cc1c(-c2cc3ccccc3cn2)oc2cc(-c3cccc(OC)c3)ccc2/c1=N\O. The zero-order valence-electron chi connectivity index (χ0n) is 17.2. The van der Waals surface area contributed by atoms with Crippen LogP contribution in [0.25, 0.3) is 44.3 Å². The fraction of sp³-hybridized carbons (Fsp3) is 0.0370. The van der Waals surface area contributed by atoms with Crippen LogP contribution in [0.1, 0.15) is 5.56 Å². The number of nitrogens with zero attached hydrogens (tertiary/aromatic N) is 2. The average molecular weight is 418 g/mol. The Morgan fingerprint density at radius 3 is 2.56 bits per heavy atom. The van der Waals surface area contributed by atoms with Gasteiger partial charge in [-0.05, 0) is 46.8 Å². The Hall–Kier alpha value is -4.56. The van der Waals surface area contributed by atoms with Gasteiger partial charge in [0.25, 0.3) is 0 Å². The van der Waals surface area contributed by atoms with Crippen molar-refractivity contribution in [3.63, 3.8) is 0 Å². The first-order valence-corrected chi connectivity index (χ1v) is 9.97. The van der Waals surface area contributed by atoms with Crippen LogP contribution in [-0.2, 0) is 0 Å². The van der Waals surface area contributed by atoms with Crippen molar-refractivity contribution in [3.8, 4) is 40.7 Å². The normalized spacial score (nSPS) is 11.6. The Bertz CT molecular complexity index is 1590. The molecule has 5 nitrogen and oxygen atoms in total. The molecule has 32 heavy (non-hydrogen) atoms. The molecule has 154 valence electrons. The lowest BCUT2D eigenvalue weighted by molar-refractivity contribution is 0.302. The molecule has 0 aliphatic carbocycles. The monoisotopic (exact) mass is 418 g/mol. The quantitative estimate of drug-likeness (QED) is 0.235. The van der Waals surface area contributed by atoms with Crippen LogP contribution in [-0.4, -0.2) is 17.3 Å². The van der Waals surface area contributed by atoms with Gasteiger partial charge in [0.05, 0.1) is 12.7 Å². The standard InChI is InChI=1S/C27H18N2O3/c1-3-22-26(29-30)23-12-11-19(17-9-6-10-21(13-17)31-2)15-25(23)32-27(22)24-14-18-7-4-5-8-20(18)16-28-24/h1,4-16,30H,2H3/b29-26-. The molecule has 0 saturated heterocycles.